The topological polar surface area (TPSA) is 24.9 Å². The van der Waals surface area contributed by atoms with Crippen molar-refractivity contribution in [2.24, 2.45) is 0 Å². The lowest BCUT2D eigenvalue weighted by Crippen LogP contribution is -1.99. The maximum atomic E-state index is 4.41. The quantitative estimate of drug-likeness (QED) is 0.921. The molecule has 1 aromatic heterocycles. The summed E-state index contributed by atoms with van der Waals surface area (Å²) in [5, 5.41) is 6.57. The van der Waals surface area contributed by atoms with E-state index in [1.165, 1.54) is 5.56 Å². The molecule has 1 aromatic carbocycles. The largest absolute Gasteiger partial charge is 0.379 e. The van der Waals surface area contributed by atoms with E-state index in [1.54, 1.807) is 11.3 Å². The van der Waals surface area contributed by atoms with Gasteiger partial charge in [-0.2, -0.15) is 0 Å². The van der Waals surface area contributed by atoms with Crippen LogP contribution in [0.3, 0.4) is 0 Å². The summed E-state index contributed by atoms with van der Waals surface area (Å²) in [5.41, 5.74) is 3.46. The Kier molecular flexibility index (Phi) is 3.61. The van der Waals surface area contributed by atoms with E-state index in [4.69, 9.17) is 0 Å². The fourth-order valence-electron chi connectivity index (χ4n) is 1.52. The number of nitrogens with one attached hydrogen (secondary N) is 1. The number of aryl methyl sites for hydroxylation is 2. The van der Waals surface area contributed by atoms with E-state index in [-0.39, 0.29) is 0 Å². The minimum Gasteiger partial charge on any atom is -0.379 e. The lowest BCUT2D eigenvalue weighted by Gasteiger charge is -2.06. The van der Waals surface area contributed by atoms with Gasteiger partial charge in [0.1, 0.15) is 0 Å². The minimum atomic E-state index is 0.778. The summed E-state index contributed by atoms with van der Waals surface area (Å²) in [6, 6.07) is 6.30. The van der Waals surface area contributed by atoms with Crippen molar-refractivity contribution < 1.29 is 0 Å². The van der Waals surface area contributed by atoms with Crippen molar-refractivity contribution in [1.82, 2.24) is 4.98 Å². The Hall–Kier alpha value is -0.870. The van der Waals surface area contributed by atoms with E-state index in [1.807, 2.05) is 6.92 Å². The smallest absolute Gasteiger partial charge is 0.0898 e. The second-order valence-electron chi connectivity index (χ2n) is 3.73. The van der Waals surface area contributed by atoms with Crippen LogP contribution in [0.4, 0.5) is 5.69 Å². The molecule has 0 saturated carbocycles. The predicted octanol–water partition coefficient (Wildman–Crippen LogP) is 4.13. The Balaban J connectivity index is 2.04. The van der Waals surface area contributed by atoms with Gasteiger partial charge in [-0.05, 0) is 37.6 Å². The highest BCUT2D eigenvalue weighted by Crippen LogP contribution is 2.19. The molecule has 0 atom stereocenters. The van der Waals surface area contributed by atoms with Crippen LogP contribution >= 0.6 is 27.3 Å². The van der Waals surface area contributed by atoms with Crippen LogP contribution in [0.5, 0.6) is 0 Å². The number of aromatic nitrogens is 1. The first-order chi connectivity index (χ1) is 7.63. The fourth-order valence-corrected chi connectivity index (χ4v) is 2.74. The zero-order chi connectivity index (χ0) is 11.5. The first kappa shape index (κ1) is 11.6. The van der Waals surface area contributed by atoms with Gasteiger partial charge in [0, 0.05) is 15.5 Å². The van der Waals surface area contributed by atoms with Crippen LogP contribution in [0.2, 0.25) is 0 Å². The summed E-state index contributed by atoms with van der Waals surface area (Å²) in [6.07, 6.45) is 0. The third kappa shape index (κ3) is 3.06. The van der Waals surface area contributed by atoms with Gasteiger partial charge in [-0.25, -0.2) is 4.98 Å². The molecule has 0 aliphatic carbocycles. The lowest BCUT2D eigenvalue weighted by molar-refractivity contribution is 1.05. The molecule has 1 heterocycles. The van der Waals surface area contributed by atoms with Crippen LogP contribution in [0, 0.1) is 13.8 Å². The van der Waals surface area contributed by atoms with Crippen molar-refractivity contribution in [3.63, 3.8) is 0 Å². The first-order valence-corrected chi connectivity index (χ1v) is 6.73. The summed E-state index contributed by atoms with van der Waals surface area (Å²) in [6.45, 7) is 4.89. The van der Waals surface area contributed by atoms with Gasteiger partial charge in [-0.3, -0.25) is 0 Å². The van der Waals surface area contributed by atoms with Crippen LogP contribution in [0.15, 0.2) is 28.1 Å². The molecule has 0 fully saturated rings. The Labute approximate surface area is 108 Å². The molecule has 0 saturated heterocycles. The number of hydrogen-bond donors (Lipinski definition) is 1. The van der Waals surface area contributed by atoms with Crippen LogP contribution in [-0.2, 0) is 6.54 Å². The van der Waals surface area contributed by atoms with Gasteiger partial charge in [0.05, 0.1) is 17.2 Å². The third-order valence-electron chi connectivity index (χ3n) is 2.18. The standard InChI is InChI=1S/C12H13BrN2S/c1-8-3-10(13)5-11(4-8)14-6-12-7-16-9(2)15-12/h3-5,7,14H,6H2,1-2H3. The zero-order valence-electron chi connectivity index (χ0n) is 9.25. The Morgan fingerprint density at radius 2 is 2.12 bits per heavy atom. The SMILES string of the molecule is Cc1cc(Br)cc(NCc2csc(C)n2)c1. The van der Waals surface area contributed by atoms with Crippen molar-refractivity contribution in [3.8, 4) is 0 Å². The molecule has 0 unspecified atom stereocenters. The highest BCUT2D eigenvalue weighted by atomic mass is 79.9. The summed E-state index contributed by atoms with van der Waals surface area (Å²) in [4.78, 5) is 4.41. The molecular formula is C12H13BrN2S. The second kappa shape index (κ2) is 4.97. The fraction of sp³-hybridized carbons (Fsp3) is 0.250. The Morgan fingerprint density at radius 3 is 2.75 bits per heavy atom. The van der Waals surface area contributed by atoms with Gasteiger partial charge < -0.3 is 5.32 Å². The number of rotatable bonds is 3. The second-order valence-corrected chi connectivity index (χ2v) is 5.71. The molecule has 0 spiro atoms. The number of thiazole rings is 1. The molecule has 16 heavy (non-hydrogen) atoms. The maximum Gasteiger partial charge on any atom is 0.0898 e. The summed E-state index contributed by atoms with van der Waals surface area (Å²) < 4.78 is 1.10. The van der Waals surface area contributed by atoms with Gasteiger partial charge in [-0.15, -0.1) is 11.3 Å². The number of anilines is 1. The molecule has 2 nitrogen and oxygen atoms in total. The molecule has 2 rings (SSSR count). The van der Waals surface area contributed by atoms with Crippen molar-refractivity contribution in [2.75, 3.05) is 5.32 Å². The highest BCUT2D eigenvalue weighted by Gasteiger charge is 1.99. The van der Waals surface area contributed by atoms with E-state index in [2.05, 4.69) is 56.7 Å². The van der Waals surface area contributed by atoms with Crippen molar-refractivity contribution in [2.45, 2.75) is 20.4 Å². The van der Waals surface area contributed by atoms with E-state index in [0.29, 0.717) is 0 Å². The zero-order valence-corrected chi connectivity index (χ0v) is 11.7. The van der Waals surface area contributed by atoms with Gasteiger partial charge in [0.15, 0.2) is 0 Å². The van der Waals surface area contributed by atoms with Crippen LogP contribution in [0.1, 0.15) is 16.3 Å². The molecule has 2 aromatic rings. The molecule has 4 heteroatoms. The molecule has 0 radical (unpaired) electrons. The molecular weight excluding hydrogens is 284 g/mol. The molecule has 0 aliphatic heterocycles. The monoisotopic (exact) mass is 296 g/mol. The Bertz CT molecular complexity index is 473. The number of nitrogens with zero attached hydrogens (tertiary/aromatic N) is 1. The average Bonchev–Trinajstić information content (AvgIpc) is 2.60. The first-order valence-electron chi connectivity index (χ1n) is 5.05. The maximum absolute atomic E-state index is 4.41. The van der Waals surface area contributed by atoms with Crippen LogP contribution in [0.25, 0.3) is 0 Å². The molecule has 0 aliphatic rings. The summed E-state index contributed by atoms with van der Waals surface area (Å²) in [5.74, 6) is 0. The van der Waals surface area contributed by atoms with Gasteiger partial charge >= 0.3 is 0 Å². The van der Waals surface area contributed by atoms with Crippen molar-refractivity contribution in [3.05, 3.63) is 44.3 Å². The van der Waals surface area contributed by atoms with E-state index >= 15 is 0 Å². The minimum absolute atomic E-state index is 0.778. The number of benzene rings is 1. The molecule has 84 valence electrons. The van der Waals surface area contributed by atoms with Crippen LogP contribution < -0.4 is 5.32 Å². The lowest BCUT2D eigenvalue weighted by atomic mass is 10.2. The number of hydrogen-bond acceptors (Lipinski definition) is 3. The van der Waals surface area contributed by atoms with Crippen molar-refractivity contribution >= 4 is 33.0 Å². The van der Waals surface area contributed by atoms with Gasteiger partial charge in [0.25, 0.3) is 0 Å². The normalized spacial score (nSPS) is 10.4. The summed E-state index contributed by atoms with van der Waals surface area (Å²) >= 11 is 5.18. The molecule has 1 N–H and O–H groups in total. The highest BCUT2D eigenvalue weighted by molar-refractivity contribution is 9.10. The third-order valence-corrected chi connectivity index (χ3v) is 3.46. The van der Waals surface area contributed by atoms with Gasteiger partial charge in [0.2, 0.25) is 0 Å². The molecule has 0 amide bonds. The number of halogens is 1. The summed E-state index contributed by atoms with van der Waals surface area (Å²) in [7, 11) is 0. The van der Waals surface area contributed by atoms with E-state index in [9.17, 15) is 0 Å². The van der Waals surface area contributed by atoms with Gasteiger partial charge in [-0.1, -0.05) is 15.9 Å². The van der Waals surface area contributed by atoms with Crippen molar-refractivity contribution in [1.29, 1.82) is 0 Å². The molecule has 0 bridgehead atoms. The Morgan fingerprint density at radius 1 is 1.31 bits per heavy atom. The van der Waals surface area contributed by atoms with Crippen LogP contribution in [-0.4, -0.2) is 4.98 Å². The van der Waals surface area contributed by atoms with E-state index < -0.39 is 0 Å². The predicted molar refractivity (Wildman–Crippen MR) is 73.1 cm³/mol. The average molecular weight is 297 g/mol. The van der Waals surface area contributed by atoms with E-state index in [0.717, 1.165) is 27.4 Å².